The van der Waals surface area contributed by atoms with Crippen LogP contribution in [-0.4, -0.2) is 39.1 Å². The Labute approximate surface area is 96.1 Å². The number of nitrogens with zero attached hydrogens (tertiary/aromatic N) is 1. The van der Waals surface area contributed by atoms with Crippen LogP contribution in [0.5, 0.6) is 0 Å². The molecule has 0 aromatic carbocycles. The van der Waals surface area contributed by atoms with E-state index in [1.165, 1.54) is 24.5 Å². The number of amides is 1. The van der Waals surface area contributed by atoms with Gasteiger partial charge in [0, 0.05) is 18.0 Å². The van der Waals surface area contributed by atoms with Crippen LogP contribution in [-0.2, 0) is 9.59 Å². The average Bonchev–Trinajstić information content (AvgIpc) is 2.28. The lowest BCUT2D eigenvalue weighted by atomic mass is 10.2. The fraction of sp³-hybridized carbons (Fsp3) is 0.200. The third-order valence-corrected chi connectivity index (χ3v) is 1.92. The van der Waals surface area contributed by atoms with Gasteiger partial charge in [-0.25, -0.2) is 4.79 Å². The Balaban J connectivity index is 2.71. The van der Waals surface area contributed by atoms with Crippen LogP contribution < -0.4 is 5.32 Å². The number of aliphatic carboxylic acids is 2. The number of carboxylic acid groups (broad SMARTS) is 2. The van der Waals surface area contributed by atoms with Crippen molar-refractivity contribution in [3.8, 4) is 0 Å². The summed E-state index contributed by atoms with van der Waals surface area (Å²) in [5, 5.41) is 19.3. The van der Waals surface area contributed by atoms with Crippen molar-refractivity contribution >= 4 is 17.8 Å². The number of carbonyl (C=O) groups excluding carboxylic acids is 1. The van der Waals surface area contributed by atoms with Gasteiger partial charge < -0.3 is 15.5 Å². The number of pyridine rings is 1. The second kappa shape index (κ2) is 5.59. The fourth-order valence-corrected chi connectivity index (χ4v) is 1.12. The zero-order chi connectivity index (χ0) is 12.8. The van der Waals surface area contributed by atoms with Crippen LogP contribution in [0.4, 0.5) is 0 Å². The number of hydrogen-bond acceptors (Lipinski definition) is 4. The standard InChI is InChI=1S/C10H10N2O5/c13-8(14)5-7(10(16)17)12-9(15)6-1-3-11-4-2-6/h1-4,7H,5H2,(H,12,15)(H,13,14)(H,16,17)/t7-/m0/s1. The maximum absolute atomic E-state index is 11.5. The fourth-order valence-electron chi connectivity index (χ4n) is 1.12. The summed E-state index contributed by atoms with van der Waals surface area (Å²) < 4.78 is 0. The van der Waals surface area contributed by atoms with Crippen LogP contribution in [0, 0.1) is 0 Å². The Morgan fingerprint density at radius 3 is 2.29 bits per heavy atom. The number of carbonyl (C=O) groups is 3. The Bertz CT molecular complexity index is 432. The highest BCUT2D eigenvalue weighted by atomic mass is 16.4. The monoisotopic (exact) mass is 238 g/mol. The van der Waals surface area contributed by atoms with Gasteiger partial charge in [0.1, 0.15) is 6.04 Å². The van der Waals surface area contributed by atoms with Crippen LogP contribution >= 0.6 is 0 Å². The van der Waals surface area contributed by atoms with E-state index in [0.717, 1.165) is 0 Å². The molecule has 1 heterocycles. The molecule has 0 aliphatic rings. The minimum Gasteiger partial charge on any atom is -0.481 e. The molecule has 1 amide bonds. The molecule has 0 radical (unpaired) electrons. The average molecular weight is 238 g/mol. The Morgan fingerprint density at radius 1 is 1.24 bits per heavy atom. The molecule has 0 aliphatic heterocycles. The number of nitrogens with one attached hydrogen (secondary N) is 1. The SMILES string of the molecule is O=C(O)C[C@H](NC(=O)c1ccncc1)C(=O)O. The first-order chi connectivity index (χ1) is 8.00. The van der Waals surface area contributed by atoms with E-state index < -0.39 is 30.3 Å². The van der Waals surface area contributed by atoms with Crippen molar-refractivity contribution in [2.45, 2.75) is 12.5 Å². The van der Waals surface area contributed by atoms with Gasteiger partial charge in [0.25, 0.3) is 5.91 Å². The molecule has 0 aliphatic carbocycles. The van der Waals surface area contributed by atoms with E-state index in [1.54, 1.807) is 0 Å². The molecule has 1 rings (SSSR count). The molecule has 7 nitrogen and oxygen atoms in total. The van der Waals surface area contributed by atoms with Crippen LogP contribution in [0.25, 0.3) is 0 Å². The van der Waals surface area contributed by atoms with Gasteiger partial charge in [-0.2, -0.15) is 0 Å². The summed E-state index contributed by atoms with van der Waals surface area (Å²) in [5.41, 5.74) is 0.219. The summed E-state index contributed by atoms with van der Waals surface area (Å²) >= 11 is 0. The predicted molar refractivity (Wildman–Crippen MR) is 55.4 cm³/mol. The molecule has 17 heavy (non-hydrogen) atoms. The van der Waals surface area contributed by atoms with Crippen LogP contribution in [0.2, 0.25) is 0 Å². The number of carboxylic acids is 2. The summed E-state index contributed by atoms with van der Waals surface area (Å²) in [6, 6.07) is 1.34. The predicted octanol–water partition coefficient (Wildman–Crippen LogP) is -0.261. The zero-order valence-electron chi connectivity index (χ0n) is 8.66. The van der Waals surface area contributed by atoms with E-state index in [-0.39, 0.29) is 5.56 Å². The van der Waals surface area contributed by atoms with E-state index in [1.807, 2.05) is 0 Å². The molecule has 1 atom stereocenters. The van der Waals surface area contributed by atoms with Crippen LogP contribution in [0.15, 0.2) is 24.5 Å². The van der Waals surface area contributed by atoms with Gasteiger partial charge in [-0.15, -0.1) is 0 Å². The van der Waals surface area contributed by atoms with Crippen molar-refractivity contribution in [1.29, 1.82) is 0 Å². The van der Waals surface area contributed by atoms with Gasteiger partial charge in [-0.05, 0) is 12.1 Å². The molecule has 90 valence electrons. The first-order valence-electron chi connectivity index (χ1n) is 4.66. The van der Waals surface area contributed by atoms with Crippen molar-refractivity contribution in [2.24, 2.45) is 0 Å². The van der Waals surface area contributed by atoms with Crippen molar-refractivity contribution in [3.63, 3.8) is 0 Å². The lowest BCUT2D eigenvalue weighted by molar-refractivity contribution is -0.145. The lowest BCUT2D eigenvalue weighted by Crippen LogP contribution is -2.42. The Hall–Kier alpha value is -2.44. The number of hydrogen-bond donors (Lipinski definition) is 3. The van der Waals surface area contributed by atoms with Crippen molar-refractivity contribution in [1.82, 2.24) is 10.3 Å². The first kappa shape index (κ1) is 12.6. The van der Waals surface area contributed by atoms with Gasteiger partial charge in [-0.1, -0.05) is 0 Å². The molecule has 1 aromatic heterocycles. The van der Waals surface area contributed by atoms with Gasteiger partial charge in [-0.3, -0.25) is 14.6 Å². The van der Waals surface area contributed by atoms with Gasteiger partial charge in [0.2, 0.25) is 0 Å². The van der Waals surface area contributed by atoms with E-state index in [2.05, 4.69) is 10.3 Å². The highest BCUT2D eigenvalue weighted by Gasteiger charge is 2.23. The summed E-state index contributed by atoms with van der Waals surface area (Å²) in [6.07, 6.45) is 2.08. The molecule has 0 saturated heterocycles. The summed E-state index contributed by atoms with van der Waals surface area (Å²) in [5.74, 6) is -3.34. The smallest absolute Gasteiger partial charge is 0.326 e. The van der Waals surface area contributed by atoms with E-state index >= 15 is 0 Å². The van der Waals surface area contributed by atoms with Crippen LogP contribution in [0.1, 0.15) is 16.8 Å². The molecule has 0 fully saturated rings. The maximum atomic E-state index is 11.5. The molecule has 1 aromatic rings. The first-order valence-corrected chi connectivity index (χ1v) is 4.66. The second-order valence-corrected chi connectivity index (χ2v) is 3.20. The van der Waals surface area contributed by atoms with Gasteiger partial charge in [0.15, 0.2) is 0 Å². The minimum absolute atomic E-state index is 0.219. The van der Waals surface area contributed by atoms with E-state index in [9.17, 15) is 14.4 Å². The quantitative estimate of drug-likeness (QED) is 0.650. The summed E-state index contributed by atoms with van der Waals surface area (Å²) in [4.78, 5) is 36.4. The molecule has 0 saturated carbocycles. The zero-order valence-corrected chi connectivity index (χ0v) is 8.66. The molecule has 0 unspecified atom stereocenters. The molecule has 0 bridgehead atoms. The van der Waals surface area contributed by atoms with Crippen molar-refractivity contribution < 1.29 is 24.6 Å². The van der Waals surface area contributed by atoms with E-state index in [4.69, 9.17) is 10.2 Å². The number of aromatic nitrogens is 1. The molecule has 3 N–H and O–H groups in total. The van der Waals surface area contributed by atoms with Gasteiger partial charge >= 0.3 is 11.9 Å². The largest absolute Gasteiger partial charge is 0.481 e. The summed E-state index contributed by atoms with van der Waals surface area (Å²) in [6.45, 7) is 0. The van der Waals surface area contributed by atoms with Crippen LogP contribution in [0.3, 0.4) is 0 Å². The topological polar surface area (TPSA) is 117 Å². The third kappa shape index (κ3) is 3.90. The van der Waals surface area contributed by atoms with Gasteiger partial charge in [0.05, 0.1) is 6.42 Å². The molecular formula is C10H10N2O5. The van der Waals surface area contributed by atoms with E-state index in [0.29, 0.717) is 0 Å². The summed E-state index contributed by atoms with van der Waals surface area (Å²) in [7, 11) is 0. The second-order valence-electron chi connectivity index (χ2n) is 3.20. The highest BCUT2D eigenvalue weighted by Crippen LogP contribution is 1.99. The number of rotatable bonds is 5. The normalized spacial score (nSPS) is 11.5. The lowest BCUT2D eigenvalue weighted by Gasteiger charge is -2.11. The molecule has 7 heteroatoms. The molecule has 0 spiro atoms. The highest BCUT2D eigenvalue weighted by molar-refractivity contribution is 5.97. The Kier molecular flexibility index (Phi) is 4.15. The Morgan fingerprint density at radius 2 is 1.82 bits per heavy atom. The molecular weight excluding hydrogens is 228 g/mol. The third-order valence-electron chi connectivity index (χ3n) is 1.92. The van der Waals surface area contributed by atoms with Crippen molar-refractivity contribution in [3.05, 3.63) is 30.1 Å². The maximum Gasteiger partial charge on any atom is 0.326 e. The van der Waals surface area contributed by atoms with Crippen molar-refractivity contribution in [2.75, 3.05) is 0 Å². The minimum atomic E-state index is -1.45.